The predicted molar refractivity (Wildman–Crippen MR) is 80.4 cm³/mol. The first-order chi connectivity index (χ1) is 9.89. The molecular formula is C13H17ClN2O4S. The van der Waals surface area contributed by atoms with Crippen LogP contribution in [0, 0.1) is 0 Å². The molecule has 0 aromatic heterocycles. The van der Waals surface area contributed by atoms with Gasteiger partial charge >= 0.3 is 6.03 Å². The van der Waals surface area contributed by atoms with Gasteiger partial charge in [-0.25, -0.2) is 13.2 Å². The van der Waals surface area contributed by atoms with Gasteiger partial charge in [0, 0.05) is 23.2 Å². The summed E-state index contributed by atoms with van der Waals surface area (Å²) >= 11 is 5.86. The average molecular weight is 333 g/mol. The quantitative estimate of drug-likeness (QED) is 0.871. The number of nitrogens with one attached hydrogen (secondary N) is 2. The summed E-state index contributed by atoms with van der Waals surface area (Å²) in [6.45, 7) is 0.269. The topological polar surface area (TPSA) is 84.5 Å². The Morgan fingerprint density at radius 2 is 2.24 bits per heavy atom. The van der Waals surface area contributed by atoms with Crippen molar-refractivity contribution in [2.45, 2.75) is 19.0 Å². The molecule has 0 bridgehead atoms. The molecule has 1 aromatic carbocycles. The Kier molecular flexibility index (Phi) is 4.95. The summed E-state index contributed by atoms with van der Waals surface area (Å²) in [5.41, 5.74) is 0.788. The molecule has 1 fully saturated rings. The van der Waals surface area contributed by atoms with Crippen LogP contribution in [0.1, 0.15) is 12.0 Å². The largest absolute Gasteiger partial charge is 0.496 e. The Morgan fingerprint density at radius 1 is 1.48 bits per heavy atom. The summed E-state index contributed by atoms with van der Waals surface area (Å²) in [6.07, 6.45) is 0.458. The molecule has 1 heterocycles. The van der Waals surface area contributed by atoms with Gasteiger partial charge in [-0.1, -0.05) is 17.7 Å². The van der Waals surface area contributed by atoms with Gasteiger partial charge < -0.3 is 15.4 Å². The number of ether oxygens (including phenoxy) is 1. The van der Waals surface area contributed by atoms with E-state index in [1.54, 1.807) is 18.2 Å². The number of halogens is 1. The number of methoxy groups -OCH3 is 1. The van der Waals surface area contributed by atoms with E-state index >= 15 is 0 Å². The lowest BCUT2D eigenvalue weighted by Gasteiger charge is -2.13. The molecule has 0 saturated carbocycles. The van der Waals surface area contributed by atoms with Crippen molar-refractivity contribution in [3.8, 4) is 5.75 Å². The molecule has 0 unspecified atom stereocenters. The van der Waals surface area contributed by atoms with Gasteiger partial charge in [-0.2, -0.15) is 0 Å². The number of hydrogen-bond acceptors (Lipinski definition) is 4. The molecule has 2 amide bonds. The fourth-order valence-corrected chi connectivity index (χ4v) is 4.02. The SMILES string of the molecule is COc1cc(Cl)ccc1CNC(=O)N[C@H]1CCS(=O)(=O)C1. The third-order valence-corrected chi connectivity index (χ3v) is 5.26. The summed E-state index contributed by atoms with van der Waals surface area (Å²) in [6, 6.07) is 4.43. The van der Waals surface area contributed by atoms with Gasteiger partial charge in [0.05, 0.1) is 18.6 Å². The highest BCUT2D eigenvalue weighted by Gasteiger charge is 2.28. The second kappa shape index (κ2) is 6.53. The molecule has 1 aliphatic heterocycles. The van der Waals surface area contributed by atoms with E-state index in [0.29, 0.717) is 17.2 Å². The highest BCUT2D eigenvalue weighted by Crippen LogP contribution is 2.22. The van der Waals surface area contributed by atoms with Gasteiger partial charge in [-0.15, -0.1) is 0 Å². The van der Waals surface area contributed by atoms with Crippen LogP contribution in [0.25, 0.3) is 0 Å². The second-order valence-corrected chi connectivity index (χ2v) is 7.55. The van der Waals surface area contributed by atoms with Crippen molar-refractivity contribution in [1.29, 1.82) is 0 Å². The van der Waals surface area contributed by atoms with Crippen LogP contribution in [-0.2, 0) is 16.4 Å². The van der Waals surface area contributed by atoms with Gasteiger partial charge in [0.25, 0.3) is 0 Å². The Morgan fingerprint density at radius 3 is 2.86 bits per heavy atom. The maximum Gasteiger partial charge on any atom is 0.315 e. The van der Waals surface area contributed by atoms with Crippen LogP contribution < -0.4 is 15.4 Å². The van der Waals surface area contributed by atoms with Crippen molar-refractivity contribution < 1.29 is 17.9 Å². The summed E-state index contributed by atoms with van der Waals surface area (Å²) in [5.74, 6) is 0.722. The zero-order valence-corrected chi connectivity index (χ0v) is 13.1. The predicted octanol–water partition coefficient (Wildman–Crippen LogP) is 1.33. The molecule has 0 aliphatic carbocycles. The van der Waals surface area contributed by atoms with Gasteiger partial charge in [0.1, 0.15) is 5.75 Å². The monoisotopic (exact) mass is 332 g/mol. The molecule has 1 atom stereocenters. The number of urea groups is 1. The Labute approximate surface area is 128 Å². The number of carbonyl (C=O) groups excluding carboxylic acids is 1. The van der Waals surface area contributed by atoms with Crippen molar-refractivity contribution in [1.82, 2.24) is 10.6 Å². The first kappa shape index (κ1) is 15.9. The van der Waals surface area contributed by atoms with E-state index in [0.717, 1.165) is 5.56 Å². The van der Waals surface area contributed by atoms with E-state index in [9.17, 15) is 13.2 Å². The molecule has 116 valence electrons. The normalized spacial score (nSPS) is 20.0. The zero-order chi connectivity index (χ0) is 15.5. The van der Waals surface area contributed by atoms with Crippen LogP contribution in [0.5, 0.6) is 5.75 Å². The van der Waals surface area contributed by atoms with E-state index < -0.39 is 15.9 Å². The maximum atomic E-state index is 11.8. The lowest BCUT2D eigenvalue weighted by Crippen LogP contribution is -2.42. The van der Waals surface area contributed by atoms with Crippen LogP contribution in [0.2, 0.25) is 5.02 Å². The summed E-state index contributed by atoms with van der Waals surface area (Å²) in [7, 11) is -1.47. The summed E-state index contributed by atoms with van der Waals surface area (Å²) in [5, 5.41) is 5.89. The number of sulfone groups is 1. The van der Waals surface area contributed by atoms with Crippen molar-refractivity contribution in [3.05, 3.63) is 28.8 Å². The highest BCUT2D eigenvalue weighted by molar-refractivity contribution is 7.91. The Hall–Kier alpha value is -1.47. The molecule has 2 rings (SSSR count). The minimum absolute atomic E-state index is 0.00465. The highest BCUT2D eigenvalue weighted by atomic mass is 35.5. The smallest absolute Gasteiger partial charge is 0.315 e. The second-order valence-electron chi connectivity index (χ2n) is 4.88. The minimum atomic E-state index is -3.00. The van der Waals surface area contributed by atoms with Crippen molar-refractivity contribution in [2.24, 2.45) is 0 Å². The molecule has 0 radical (unpaired) electrons. The number of hydrogen-bond donors (Lipinski definition) is 2. The summed E-state index contributed by atoms with van der Waals surface area (Å²) in [4.78, 5) is 11.8. The molecule has 2 N–H and O–H groups in total. The van der Waals surface area contributed by atoms with Crippen molar-refractivity contribution in [2.75, 3.05) is 18.6 Å². The number of rotatable bonds is 4. The maximum absolute atomic E-state index is 11.8. The molecule has 1 saturated heterocycles. The van der Waals surface area contributed by atoms with Gasteiger partial charge in [-0.05, 0) is 18.6 Å². The van der Waals surface area contributed by atoms with E-state index in [2.05, 4.69) is 10.6 Å². The lowest BCUT2D eigenvalue weighted by atomic mass is 10.2. The van der Waals surface area contributed by atoms with E-state index in [-0.39, 0.29) is 24.1 Å². The zero-order valence-electron chi connectivity index (χ0n) is 11.6. The fraction of sp³-hybridized carbons (Fsp3) is 0.462. The molecular weight excluding hydrogens is 316 g/mol. The standard InChI is InChI=1S/C13H17ClN2O4S/c1-20-12-6-10(14)3-2-9(12)7-15-13(17)16-11-4-5-21(18,19)8-11/h2-3,6,11H,4-5,7-8H2,1H3,(H2,15,16,17)/t11-/m0/s1. The van der Waals surface area contributed by atoms with Gasteiger partial charge in [0.2, 0.25) is 0 Å². The first-order valence-corrected chi connectivity index (χ1v) is 8.67. The lowest BCUT2D eigenvalue weighted by molar-refractivity contribution is 0.237. The summed E-state index contributed by atoms with van der Waals surface area (Å²) < 4.78 is 27.8. The molecule has 1 aromatic rings. The van der Waals surface area contributed by atoms with Crippen LogP contribution in [0.15, 0.2) is 18.2 Å². The molecule has 0 spiro atoms. The molecule has 1 aliphatic rings. The number of benzene rings is 1. The van der Waals surface area contributed by atoms with Gasteiger partial charge in [-0.3, -0.25) is 0 Å². The first-order valence-electron chi connectivity index (χ1n) is 6.47. The Balaban J connectivity index is 1.87. The van der Waals surface area contributed by atoms with Crippen LogP contribution in [0.3, 0.4) is 0 Å². The van der Waals surface area contributed by atoms with Gasteiger partial charge in [0.15, 0.2) is 9.84 Å². The van der Waals surface area contributed by atoms with Crippen molar-refractivity contribution >= 4 is 27.5 Å². The Bertz CT molecular complexity index is 633. The molecule has 8 heteroatoms. The minimum Gasteiger partial charge on any atom is -0.496 e. The van der Waals surface area contributed by atoms with Crippen LogP contribution in [0.4, 0.5) is 4.79 Å². The number of carbonyl (C=O) groups is 1. The average Bonchev–Trinajstić information content (AvgIpc) is 2.76. The van der Waals surface area contributed by atoms with Crippen LogP contribution >= 0.6 is 11.6 Å². The van der Waals surface area contributed by atoms with Crippen LogP contribution in [-0.4, -0.2) is 39.1 Å². The fourth-order valence-electron chi connectivity index (χ4n) is 2.19. The third kappa shape index (κ3) is 4.50. The van der Waals surface area contributed by atoms with E-state index in [4.69, 9.17) is 16.3 Å². The molecule has 6 nitrogen and oxygen atoms in total. The van der Waals surface area contributed by atoms with Crippen molar-refractivity contribution in [3.63, 3.8) is 0 Å². The van der Waals surface area contributed by atoms with E-state index in [1.165, 1.54) is 7.11 Å². The number of amides is 2. The molecule has 21 heavy (non-hydrogen) atoms. The van der Waals surface area contributed by atoms with E-state index in [1.807, 2.05) is 0 Å². The third-order valence-electron chi connectivity index (χ3n) is 3.26.